The Morgan fingerprint density at radius 2 is 1.93 bits per heavy atom. The number of aliphatic carboxylic acids is 1. The molecule has 2 aromatic carbocycles. The number of nitrogens with zero attached hydrogens (tertiary/aromatic N) is 1. The fourth-order valence-corrected chi connectivity index (χ4v) is 3.08. The number of aryl methyl sites for hydroxylation is 1. The lowest BCUT2D eigenvalue weighted by molar-refractivity contribution is -0.137. The molecule has 0 fully saturated rings. The molecule has 0 aromatic heterocycles. The molecule has 2 rings (SSSR count). The molecule has 3 N–H and O–H groups in total. The fourth-order valence-electron chi connectivity index (χ4n) is 2.29. The van der Waals surface area contributed by atoms with Crippen LogP contribution >= 0.6 is 0 Å². The molecule has 0 atom stereocenters. The van der Waals surface area contributed by atoms with Gasteiger partial charge in [0, 0.05) is 12.0 Å². The van der Waals surface area contributed by atoms with E-state index >= 15 is 0 Å². The first kappa shape index (κ1) is 21.4. The molecular weight excluding hydrogens is 384 g/mol. The van der Waals surface area contributed by atoms with Gasteiger partial charge in [-0.1, -0.05) is 17.7 Å². The first-order valence-electron chi connectivity index (χ1n) is 8.52. The van der Waals surface area contributed by atoms with Crippen molar-refractivity contribution in [1.82, 2.24) is 4.83 Å². The van der Waals surface area contributed by atoms with Gasteiger partial charge in [0.15, 0.2) is 0 Å². The van der Waals surface area contributed by atoms with Gasteiger partial charge < -0.3 is 14.9 Å². The standard InChI is InChI=1S/C19H22N2O6S/c1-14-4-7-17(8-5-14)28(25,26)21-20-12-15-6-9-18(16(11-15)13-22)27-10-2-3-19(23)24/h4-9,11-12,21-22H,2-3,10,13H2,1H3,(H,23,24). The summed E-state index contributed by atoms with van der Waals surface area (Å²) >= 11 is 0. The van der Waals surface area contributed by atoms with E-state index in [2.05, 4.69) is 9.93 Å². The maximum absolute atomic E-state index is 12.2. The topological polar surface area (TPSA) is 125 Å². The number of rotatable bonds is 10. The minimum atomic E-state index is -3.76. The quantitative estimate of drug-likeness (QED) is 0.315. The monoisotopic (exact) mass is 406 g/mol. The Morgan fingerprint density at radius 3 is 2.57 bits per heavy atom. The lowest BCUT2D eigenvalue weighted by atomic mass is 10.1. The van der Waals surface area contributed by atoms with Crippen LogP contribution in [0.5, 0.6) is 5.75 Å². The summed E-state index contributed by atoms with van der Waals surface area (Å²) in [4.78, 5) is 12.7. The summed E-state index contributed by atoms with van der Waals surface area (Å²) in [6.45, 7) is 1.79. The second-order valence-corrected chi connectivity index (χ2v) is 7.70. The van der Waals surface area contributed by atoms with Gasteiger partial charge in [0.25, 0.3) is 10.0 Å². The molecule has 0 radical (unpaired) electrons. The third-order valence-electron chi connectivity index (χ3n) is 3.77. The Bertz CT molecular complexity index is 939. The molecule has 28 heavy (non-hydrogen) atoms. The molecule has 0 saturated carbocycles. The normalized spacial score (nSPS) is 11.5. The van der Waals surface area contributed by atoms with Gasteiger partial charge in [-0.2, -0.15) is 13.5 Å². The van der Waals surface area contributed by atoms with E-state index in [9.17, 15) is 18.3 Å². The summed E-state index contributed by atoms with van der Waals surface area (Å²) in [5.41, 5.74) is 2.00. The largest absolute Gasteiger partial charge is 0.493 e. The van der Waals surface area contributed by atoms with E-state index < -0.39 is 16.0 Å². The maximum atomic E-state index is 12.2. The molecule has 0 saturated heterocycles. The second-order valence-electron chi connectivity index (χ2n) is 6.04. The molecule has 0 amide bonds. The fraction of sp³-hybridized carbons (Fsp3) is 0.263. The van der Waals surface area contributed by atoms with Crippen molar-refractivity contribution in [2.24, 2.45) is 5.10 Å². The van der Waals surface area contributed by atoms with E-state index in [1.54, 1.807) is 30.3 Å². The molecule has 0 bridgehead atoms. The van der Waals surface area contributed by atoms with E-state index in [1.807, 2.05) is 6.92 Å². The third-order valence-corrected chi connectivity index (χ3v) is 5.00. The Labute approximate surface area is 163 Å². The molecule has 2 aromatic rings. The zero-order chi connectivity index (χ0) is 20.6. The van der Waals surface area contributed by atoms with Crippen molar-refractivity contribution in [3.63, 3.8) is 0 Å². The van der Waals surface area contributed by atoms with E-state index in [4.69, 9.17) is 9.84 Å². The van der Waals surface area contributed by atoms with Gasteiger partial charge in [0.2, 0.25) is 0 Å². The van der Waals surface area contributed by atoms with Gasteiger partial charge in [-0.15, -0.1) is 0 Å². The number of hydrazone groups is 1. The number of hydrogen-bond acceptors (Lipinski definition) is 6. The Kier molecular flexibility index (Phi) is 7.53. The number of ether oxygens (including phenoxy) is 1. The highest BCUT2D eigenvalue weighted by Gasteiger charge is 2.12. The second kappa shape index (κ2) is 9.86. The van der Waals surface area contributed by atoms with Gasteiger partial charge in [0.1, 0.15) is 5.75 Å². The minimum absolute atomic E-state index is 0.000323. The molecule has 0 spiro atoms. The van der Waals surface area contributed by atoms with Crippen LogP contribution in [0.15, 0.2) is 52.5 Å². The van der Waals surface area contributed by atoms with E-state index in [0.717, 1.165) is 5.56 Å². The van der Waals surface area contributed by atoms with Crippen LogP contribution in [0, 0.1) is 6.92 Å². The van der Waals surface area contributed by atoms with Crippen LogP contribution in [0.4, 0.5) is 0 Å². The van der Waals surface area contributed by atoms with Crippen molar-refractivity contribution in [3.8, 4) is 5.75 Å². The van der Waals surface area contributed by atoms with Crippen molar-refractivity contribution in [2.45, 2.75) is 31.3 Å². The summed E-state index contributed by atoms with van der Waals surface area (Å²) < 4.78 is 29.8. The molecule has 0 aliphatic carbocycles. The molecule has 0 aliphatic rings. The van der Waals surface area contributed by atoms with Gasteiger partial charge in [-0.25, -0.2) is 4.83 Å². The highest BCUT2D eigenvalue weighted by atomic mass is 32.2. The van der Waals surface area contributed by atoms with Crippen LogP contribution in [-0.2, 0) is 21.4 Å². The molecule has 9 heteroatoms. The average molecular weight is 406 g/mol. The highest BCUT2D eigenvalue weighted by Crippen LogP contribution is 2.20. The SMILES string of the molecule is Cc1ccc(S(=O)(=O)NN=Cc2ccc(OCCCC(=O)O)c(CO)c2)cc1. The van der Waals surface area contributed by atoms with Crippen LogP contribution < -0.4 is 9.57 Å². The predicted octanol–water partition coefficient (Wildman–Crippen LogP) is 2.04. The van der Waals surface area contributed by atoms with E-state index in [1.165, 1.54) is 18.3 Å². The van der Waals surface area contributed by atoms with Crippen molar-refractivity contribution < 1.29 is 28.2 Å². The number of hydrogen-bond donors (Lipinski definition) is 3. The lowest BCUT2D eigenvalue weighted by Crippen LogP contribution is -2.18. The number of aliphatic hydroxyl groups is 1. The maximum Gasteiger partial charge on any atom is 0.303 e. The average Bonchev–Trinajstić information content (AvgIpc) is 2.66. The number of carboxylic acid groups (broad SMARTS) is 1. The van der Waals surface area contributed by atoms with Crippen LogP contribution in [-0.4, -0.2) is 37.4 Å². The smallest absolute Gasteiger partial charge is 0.303 e. The zero-order valence-electron chi connectivity index (χ0n) is 15.3. The summed E-state index contributed by atoms with van der Waals surface area (Å²) in [6.07, 6.45) is 1.67. The summed E-state index contributed by atoms with van der Waals surface area (Å²) in [5.74, 6) is -0.462. The molecule has 0 aliphatic heterocycles. The van der Waals surface area contributed by atoms with Crippen molar-refractivity contribution in [2.75, 3.05) is 6.61 Å². The Morgan fingerprint density at radius 1 is 1.21 bits per heavy atom. The Hall–Kier alpha value is -2.91. The van der Waals surface area contributed by atoms with Crippen LogP contribution in [0.2, 0.25) is 0 Å². The number of carboxylic acids is 1. The van der Waals surface area contributed by atoms with Crippen molar-refractivity contribution >= 4 is 22.2 Å². The highest BCUT2D eigenvalue weighted by molar-refractivity contribution is 7.89. The first-order chi connectivity index (χ1) is 13.3. The number of benzene rings is 2. The third kappa shape index (κ3) is 6.36. The lowest BCUT2D eigenvalue weighted by Gasteiger charge is -2.10. The van der Waals surface area contributed by atoms with Crippen molar-refractivity contribution in [3.05, 3.63) is 59.2 Å². The molecule has 8 nitrogen and oxygen atoms in total. The first-order valence-corrected chi connectivity index (χ1v) is 10.00. The van der Waals surface area contributed by atoms with Gasteiger partial charge in [-0.05, 0) is 49.2 Å². The molecular formula is C19H22N2O6S. The van der Waals surface area contributed by atoms with E-state index in [-0.39, 0.29) is 24.5 Å². The van der Waals surface area contributed by atoms with E-state index in [0.29, 0.717) is 23.3 Å². The predicted molar refractivity (Wildman–Crippen MR) is 104 cm³/mol. The summed E-state index contributed by atoms with van der Waals surface area (Å²) in [6, 6.07) is 11.2. The molecule has 0 unspecified atom stereocenters. The van der Waals surface area contributed by atoms with Crippen LogP contribution in [0.1, 0.15) is 29.5 Å². The molecule has 0 heterocycles. The van der Waals surface area contributed by atoms with Gasteiger partial charge >= 0.3 is 5.97 Å². The number of sulfonamides is 1. The summed E-state index contributed by atoms with van der Waals surface area (Å²) in [5, 5.41) is 21.9. The van der Waals surface area contributed by atoms with Crippen LogP contribution in [0.3, 0.4) is 0 Å². The number of carbonyl (C=O) groups is 1. The Balaban J connectivity index is 2.01. The van der Waals surface area contributed by atoms with Crippen LogP contribution in [0.25, 0.3) is 0 Å². The van der Waals surface area contributed by atoms with Gasteiger partial charge in [0.05, 0.1) is 24.3 Å². The minimum Gasteiger partial charge on any atom is -0.493 e. The number of aliphatic hydroxyl groups excluding tert-OH is 1. The zero-order valence-corrected chi connectivity index (χ0v) is 16.1. The molecule has 150 valence electrons. The van der Waals surface area contributed by atoms with Gasteiger partial charge in [-0.3, -0.25) is 4.79 Å². The summed E-state index contributed by atoms with van der Waals surface area (Å²) in [7, 11) is -3.76. The number of nitrogens with one attached hydrogen (secondary N) is 1. The van der Waals surface area contributed by atoms with Crippen molar-refractivity contribution in [1.29, 1.82) is 0 Å².